The first kappa shape index (κ1) is 18.4. The van der Waals surface area contributed by atoms with Gasteiger partial charge in [0.25, 0.3) is 0 Å². The Morgan fingerprint density at radius 3 is 2.68 bits per heavy atom. The second-order valence-corrected chi connectivity index (χ2v) is 6.66. The molecule has 0 aliphatic carbocycles. The van der Waals surface area contributed by atoms with Crippen LogP contribution in [0.1, 0.15) is 26.3 Å². The number of benzene rings is 1. The first-order chi connectivity index (χ1) is 12.0. The van der Waals surface area contributed by atoms with E-state index >= 15 is 0 Å². The maximum absolute atomic E-state index is 9.71. The number of hydrogen-bond acceptors (Lipinski definition) is 6. The third kappa shape index (κ3) is 4.22. The molecule has 2 fully saturated rings. The predicted octanol–water partition coefficient (Wildman–Crippen LogP) is 2.36. The maximum atomic E-state index is 9.71. The van der Waals surface area contributed by atoms with Crippen LogP contribution in [0.4, 0.5) is 0 Å². The van der Waals surface area contributed by atoms with Crippen molar-refractivity contribution in [2.24, 2.45) is 0 Å². The summed E-state index contributed by atoms with van der Waals surface area (Å²) in [5.74, 6) is -0.729. The van der Waals surface area contributed by atoms with E-state index in [1.807, 2.05) is 51.1 Å². The van der Waals surface area contributed by atoms with E-state index in [0.717, 1.165) is 5.56 Å². The van der Waals surface area contributed by atoms with Gasteiger partial charge in [0, 0.05) is 0 Å². The standard InChI is InChI=1S/C19H26O6/c1-4-10-21-14(11-20)15-16(22-12-13-8-6-5-7-9-13)17-18(23-15)25-19(2,3)24-17/h4-10,14-18,20H,11-12H2,1-3H3/b10-4-/t14-,15-,16+,17-,18-/m1/s1. The third-order valence-corrected chi connectivity index (χ3v) is 4.25. The molecule has 2 aliphatic rings. The molecule has 25 heavy (non-hydrogen) atoms. The summed E-state index contributed by atoms with van der Waals surface area (Å²) in [6.07, 6.45) is 0.936. The summed E-state index contributed by atoms with van der Waals surface area (Å²) in [5.41, 5.74) is 1.05. The number of fused-ring (bicyclic) bond motifs is 1. The maximum Gasteiger partial charge on any atom is 0.190 e. The fourth-order valence-corrected chi connectivity index (χ4v) is 3.16. The molecule has 0 amide bonds. The molecule has 0 saturated carbocycles. The Hall–Kier alpha value is -1.44. The average Bonchev–Trinajstić information content (AvgIpc) is 3.06. The average molecular weight is 350 g/mol. The molecule has 2 heterocycles. The van der Waals surface area contributed by atoms with Crippen molar-refractivity contribution in [2.75, 3.05) is 6.61 Å². The van der Waals surface area contributed by atoms with Gasteiger partial charge in [-0.3, -0.25) is 0 Å². The summed E-state index contributed by atoms with van der Waals surface area (Å²) < 4.78 is 29.5. The van der Waals surface area contributed by atoms with Crippen molar-refractivity contribution >= 4 is 0 Å². The summed E-state index contributed by atoms with van der Waals surface area (Å²) in [6, 6.07) is 9.89. The fraction of sp³-hybridized carbons (Fsp3) is 0.579. The van der Waals surface area contributed by atoms with E-state index in [2.05, 4.69) is 0 Å². The topological polar surface area (TPSA) is 66.4 Å². The van der Waals surface area contributed by atoms with Gasteiger partial charge in [0.15, 0.2) is 12.1 Å². The Morgan fingerprint density at radius 2 is 2.00 bits per heavy atom. The zero-order valence-corrected chi connectivity index (χ0v) is 14.8. The van der Waals surface area contributed by atoms with E-state index in [1.165, 1.54) is 6.26 Å². The van der Waals surface area contributed by atoms with Crippen LogP contribution in [0.2, 0.25) is 0 Å². The number of aliphatic hydroxyl groups excluding tert-OH is 1. The molecule has 1 aromatic carbocycles. The molecular formula is C19H26O6. The highest BCUT2D eigenvalue weighted by Crippen LogP contribution is 2.40. The Morgan fingerprint density at radius 1 is 1.24 bits per heavy atom. The number of rotatable bonds is 7. The number of hydrogen-bond donors (Lipinski definition) is 1. The molecule has 6 nitrogen and oxygen atoms in total. The molecule has 0 aromatic heterocycles. The molecule has 138 valence electrons. The van der Waals surface area contributed by atoms with Gasteiger partial charge in [0.2, 0.25) is 0 Å². The predicted molar refractivity (Wildman–Crippen MR) is 90.5 cm³/mol. The highest BCUT2D eigenvalue weighted by atomic mass is 16.8. The second-order valence-electron chi connectivity index (χ2n) is 6.66. The van der Waals surface area contributed by atoms with Crippen molar-refractivity contribution in [3.8, 4) is 0 Å². The highest BCUT2D eigenvalue weighted by molar-refractivity contribution is 5.13. The minimum Gasteiger partial charge on any atom is -0.493 e. The lowest BCUT2D eigenvalue weighted by atomic mass is 10.1. The fourth-order valence-electron chi connectivity index (χ4n) is 3.16. The molecule has 5 atom stereocenters. The molecule has 3 rings (SSSR count). The Kier molecular flexibility index (Phi) is 5.76. The van der Waals surface area contributed by atoms with Crippen molar-refractivity contribution in [3.63, 3.8) is 0 Å². The molecule has 0 unspecified atom stereocenters. The van der Waals surface area contributed by atoms with Crippen molar-refractivity contribution in [2.45, 2.75) is 63.9 Å². The summed E-state index contributed by atoms with van der Waals surface area (Å²) in [7, 11) is 0. The first-order valence-corrected chi connectivity index (χ1v) is 8.58. The van der Waals surface area contributed by atoms with Gasteiger partial charge in [0.1, 0.15) is 24.4 Å². The highest BCUT2D eigenvalue weighted by Gasteiger charge is 2.57. The van der Waals surface area contributed by atoms with Crippen LogP contribution in [-0.4, -0.2) is 48.2 Å². The Labute approximate surface area is 148 Å². The quantitative estimate of drug-likeness (QED) is 0.762. The minimum atomic E-state index is -0.729. The molecule has 6 heteroatoms. The van der Waals surface area contributed by atoms with E-state index in [0.29, 0.717) is 6.61 Å². The Bertz CT molecular complexity index is 573. The van der Waals surface area contributed by atoms with Gasteiger partial charge in [-0.25, -0.2) is 0 Å². The van der Waals surface area contributed by atoms with E-state index in [1.54, 1.807) is 6.08 Å². The van der Waals surface area contributed by atoms with Gasteiger partial charge in [-0.1, -0.05) is 36.4 Å². The van der Waals surface area contributed by atoms with Gasteiger partial charge >= 0.3 is 0 Å². The van der Waals surface area contributed by atoms with Crippen molar-refractivity contribution in [1.29, 1.82) is 0 Å². The monoisotopic (exact) mass is 350 g/mol. The van der Waals surface area contributed by atoms with Crippen LogP contribution in [0, 0.1) is 0 Å². The normalized spacial score (nSPS) is 32.0. The lowest BCUT2D eigenvalue weighted by molar-refractivity contribution is -0.232. The first-order valence-electron chi connectivity index (χ1n) is 8.58. The number of aliphatic hydroxyl groups is 1. The summed E-state index contributed by atoms with van der Waals surface area (Å²) in [6.45, 7) is 5.76. The van der Waals surface area contributed by atoms with Crippen molar-refractivity contribution in [1.82, 2.24) is 0 Å². The van der Waals surface area contributed by atoms with Gasteiger partial charge in [-0.15, -0.1) is 0 Å². The lowest BCUT2D eigenvalue weighted by Crippen LogP contribution is -2.44. The zero-order valence-electron chi connectivity index (χ0n) is 14.8. The molecule has 0 spiro atoms. The van der Waals surface area contributed by atoms with E-state index in [9.17, 15) is 5.11 Å². The van der Waals surface area contributed by atoms with Gasteiger partial charge < -0.3 is 28.8 Å². The molecule has 2 aliphatic heterocycles. The molecule has 1 aromatic rings. The number of ether oxygens (including phenoxy) is 5. The van der Waals surface area contributed by atoms with Crippen LogP contribution >= 0.6 is 0 Å². The Balaban J connectivity index is 1.74. The SMILES string of the molecule is C/C=C\O[C@H](CO)[C@H]1O[C@@H]2OC(C)(C)O[C@@H]2[C@H]1OCc1ccccc1. The smallest absolute Gasteiger partial charge is 0.190 e. The van der Waals surface area contributed by atoms with E-state index in [-0.39, 0.29) is 12.7 Å². The van der Waals surface area contributed by atoms with Crippen LogP contribution in [0.25, 0.3) is 0 Å². The summed E-state index contributed by atoms with van der Waals surface area (Å²) in [4.78, 5) is 0. The minimum absolute atomic E-state index is 0.191. The van der Waals surface area contributed by atoms with Gasteiger partial charge in [-0.05, 0) is 26.3 Å². The number of allylic oxidation sites excluding steroid dienone is 1. The van der Waals surface area contributed by atoms with Crippen molar-refractivity contribution in [3.05, 3.63) is 48.2 Å². The van der Waals surface area contributed by atoms with Crippen LogP contribution in [0.5, 0.6) is 0 Å². The second kappa shape index (κ2) is 7.85. The third-order valence-electron chi connectivity index (χ3n) is 4.25. The van der Waals surface area contributed by atoms with Crippen LogP contribution < -0.4 is 0 Å². The van der Waals surface area contributed by atoms with Crippen molar-refractivity contribution < 1.29 is 28.8 Å². The van der Waals surface area contributed by atoms with Crippen LogP contribution in [-0.2, 0) is 30.3 Å². The summed E-state index contributed by atoms with van der Waals surface area (Å²) >= 11 is 0. The molecule has 1 N–H and O–H groups in total. The molecular weight excluding hydrogens is 324 g/mol. The zero-order chi connectivity index (χ0) is 17.9. The van der Waals surface area contributed by atoms with E-state index in [4.69, 9.17) is 23.7 Å². The molecule has 0 radical (unpaired) electrons. The summed E-state index contributed by atoms with van der Waals surface area (Å²) in [5, 5.41) is 9.71. The lowest BCUT2D eigenvalue weighted by Gasteiger charge is -2.29. The molecule has 0 bridgehead atoms. The van der Waals surface area contributed by atoms with Gasteiger partial charge in [-0.2, -0.15) is 0 Å². The van der Waals surface area contributed by atoms with E-state index < -0.39 is 30.4 Å². The van der Waals surface area contributed by atoms with Crippen LogP contribution in [0.15, 0.2) is 42.7 Å². The van der Waals surface area contributed by atoms with Crippen LogP contribution in [0.3, 0.4) is 0 Å². The largest absolute Gasteiger partial charge is 0.493 e. The van der Waals surface area contributed by atoms with Gasteiger partial charge in [0.05, 0.1) is 19.5 Å². The molecule has 2 saturated heterocycles.